The predicted octanol–water partition coefficient (Wildman–Crippen LogP) is 3.15. The molecule has 0 unspecified atom stereocenters. The topological polar surface area (TPSA) is 47.9 Å². The number of methoxy groups -OCH3 is 2. The van der Waals surface area contributed by atoms with Crippen molar-refractivity contribution in [1.29, 1.82) is 0 Å². The molecule has 1 N–H and O–H groups in total. The van der Waals surface area contributed by atoms with E-state index in [2.05, 4.69) is 24.3 Å². The molecule has 4 heteroatoms. The van der Waals surface area contributed by atoms with Crippen LogP contribution in [0.2, 0.25) is 0 Å². The van der Waals surface area contributed by atoms with Crippen LogP contribution in [-0.2, 0) is 22.3 Å². The molecule has 0 aliphatic rings. The van der Waals surface area contributed by atoms with Crippen LogP contribution in [0.4, 0.5) is 0 Å². The molecule has 0 aromatic heterocycles. The minimum atomic E-state index is 0.261. The van der Waals surface area contributed by atoms with Gasteiger partial charge in [0.1, 0.15) is 18.3 Å². The van der Waals surface area contributed by atoms with E-state index in [-0.39, 0.29) is 5.75 Å². The van der Waals surface area contributed by atoms with Crippen molar-refractivity contribution in [2.24, 2.45) is 0 Å². The van der Waals surface area contributed by atoms with Gasteiger partial charge in [-0.2, -0.15) is 0 Å². The van der Waals surface area contributed by atoms with Crippen LogP contribution in [0.5, 0.6) is 11.5 Å². The smallest absolute Gasteiger partial charge is 0.146 e. The summed E-state index contributed by atoms with van der Waals surface area (Å²) in [4.78, 5) is 0. The molecule has 0 radical (unpaired) electrons. The summed E-state index contributed by atoms with van der Waals surface area (Å²) in [5.41, 5.74) is 3.26. The lowest BCUT2D eigenvalue weighted by molar-refractivity contribution is -0.0291. The fraction of sp³-hybridized carbons (Fsp3) is 0.333. The second kappa shape index (κ2) is 8.41. The second-order valence-electron chi connectivity index (χ2n) is 5.05. The lowest BCUT2D eigenvalue weighted by atomic mass is 10.0. The van der Waals surface area contributed by atoms with Crippen LogP contribution in [0.1, 0.15) is 16.7 Å². The van der Waals surface area contributed by atoms with Crippen molar-refractivity contribution >= 4 is 0 Å². The Kier molecular flexibility index (Phi) is 6.25. The van der Waals surface area contributed by atoms with Crippen LogP contribution >= 0.6 is 0 Å². The molecule has 118 valence electrons. The number of hydrogen-bond acceptors (Lipinski definition) is 4. The first-order chi connectivity index (χ1) is 10.7. The number of hydrogen-bond donors (Lipinski definition) is 1. The molecule has 0 amide bonds. The van der Waals surface area contributed by atoms with Crippen molar-refractivity contribution in [1.82, 2.24) is 0 Å². The first-order valence-corrected chi connectivity index (χ1v) is 7.23. The van der Waals surface area contributed by atoms with E-state index in [1.165, 1.54) is 5.56 Å². The van der Waals surface area contributed by atoms with Crippen LogP contribution in [-0.4, -0.2) is 32.7 Å². The SMILES string of the molecule is COCOCCc1ccc(Cc2ccc(OC)cc2O)cc1. The molecule has 0 atom stereocenters. The van der Waals surface area contributed by atoms with E-state index in [4.69, 9.17) is 14.2 Å². The molecule has 0 saturated heterocycles. The van der Waals surface area contributed by atoms with Crippen molar-refractivity contribution in [2.75, 3.05) is 27.6 Å². The summed E-state index contributed by atoms with van der Waals surface area (Å²) in [5, 5.41) is 10.00. The van der Waals surface area contributed by atoms with Gasteiger partial charge >= 0.3 is 0 Å². The first kappa shape index (κ1) is 16.3. The fourth-order valence-corrected chi connectivity index (χ4v) is 2.20. The van der Waals surface area contributed by atoms with Gasteiger partial charge in [0, 0.05) is 19.6 Å². The van der Waals surface area contributed by atoms with Crippen molar-refractivity contribution in [3.8, 4) is 11.5 Å². The van der Waals surface area contributed by atoms with E-state index in [9.17, 15) is 5.11 Å². The summed E-state index contributed by atoms with van der Waals surface area (Å²) in [6.45, 7) is 0.973. The molecule has 0 aliphatic heterocycles. The maximum absolute atomic E-state index is 10.00. The molecule has 2 aromatic carbocycles. The van der Waals surface area contributed by atoms with Gasteiger partial charge in [0.25, 0.3) is 0 Å². The third kappa shape index (κ3) is 4.76. The summed E-state index contributed by atoms with van der Waals surface area (Å²) in [6.07, 6.45) is 1.55. The Morgan fingerprint density at radius 1 is 0.955 bits per heavy atom. The number of phenols is 1. The molecule has 0 saturated carbocycles. The van der Waals surface area contributed by atoms with Gasteiger partial charge in [-0.25, -0.2) is 0 Å². The van der Waals surface area contributed by atoms with Crippen molar-refractivity contribution in [2.45, 2.75) is 12.8 Å². The van der Waals surface area contributed by atoms with Crippen LogP contribution in [0.15, 0.2) is 42.5 Å². The van der Waals surface area contributed by atoms with Crippen LogP contribution in [0, 0.1) is 0 Å². The quantitative estimate of drug-likeness (QED) is 0.601. The normalized spacial score (nSPS) is 10.6. The Balaban J connectivity index is 1.93. The third-order valence-corrected chi connectivity index (χ3v) is 3.45. The summed E-state index contributed by atoms with van der Waals surface area (Å²) in [6, 6.07) is 13.7. The molecule has 2 aromatic rings. The van der Waals surface area contributed by atoms with E-state index in [0.717, 1.165) is 17.5 Å². The Morgan fingerprint density at radius 2 is 1.68 bits per heavy atom. The summed E-state index contributed by atoms with van der Waals surface area (Å²) >= 11 is 0. The summed E-state index contributed by atoms with van der Waals surface area (Å²) in [7, 11) is 3.20. The van der Waals surface area contributed by atoms with E-state index in [0.29, 0.717) is 25.6 Å². The Bertz CT molecular complexity index is 578. The number of aromatic hydroxyl groups is 1. The van der Waals surface area contributed by atoms with Gasteiger partial charge in [0.05, 0.1) is 13.7 Å². The van der Waals surface area contributed by atoms with E-state index >= 15 is 0 Å². The van der Waals surface area contributed by atoms with Crippen LogP contribution in [0.3, 0.4) is 0 Å². The standard InChI is InChI=1S/C18H22O4/c1-20-13-22-10-9-14-3-5-15(6-4-14)11-16-7-8-17(21-2)12-18(16)19/h3-8,12,19H,9-11,13H2,1-2H3. The zero-order valence-corrected chi connectivity index (χ0v) is 13.0. The van der Waals surface area contributed by atoms with Gasteiger partial charge < -0.3 is 19.3 Å². The number of rotatable bonds is 8. The maximum Gasteiger partial charge on any atom is 0.146 e. The minimum absolute atomic E-state index is 0.261. The Hall–Kier alpha value is -2.04. The van der Waals surface area contributed by atoms with Crippen LogP contribution < -0.4 is 4.74 Å². The van der Waals surface area contributed by atoms with E-state index in [1.54, 1.807) is 20.3 Å². The summed E-state index contributed by atoms with van der Waals surface area (Å²) in [5.74, 6) is 0.920. The van der Waals surface area contributed by atoms with Gasteiger partial charge in [0.15, 0.2) is 0 Å². The van der Waals surface area contributed by atoms with Gasteiger partial charge in [-0.3, -0.25) is 0 Å². The maximum atomic E-state index is 10.00. The zero-order chi connectivity index (χ0) is 15.8. The zero-order valence-electron chi connectivity index (χ0n) is 13.0. The third-order valence-electron chi connectivity index (χ3n) is 3.45. The molecule has 0 heterocycles. The highest BCUT2D eigenvalue weighted by molar-refractivity contribution is 5.42. The lowest BCUT2D eigenvalue weighted by Gasteiger charge is -2.08. The Morgan fingerprint density at radius 3 is 2.32 bits per heavy atom. The number of benzene rings is 2. The van der Waals surface area contributed by atoms with Crippen molar-refractivity contribution < 1.29 is 19.3 Å². The van der Waals surface area contributed by atoms with Crippen molar-refractivity contribution in [3.63, 3.8) is 0 Å². The highest BCUT2D eigenvalue weighted by atomic mass is 16.7. The Labute approximate surface area is 131 Å². The summed E-state index contributed by atoms with van der Waals surface area (Å²) < 4.78 is 15.2. The number of ether oxygens (including phenoxy) is 3. The molecule has 0 aliphatic carbocycles. The largest absolute Gasteiger partial charge is 0.508 e. The fourth-order valence-electron chi connectivity index (χ4n) is 2.20. The van der Waals surface area contributed by atoms with Gasteiger partial charge in [-0.1, -0.05) is 30.3 Å². The number of phenolic OH excluding ortho intramolecular Hbond substituents is 1. The van der Waals surface area contributed by atoms with Gasteiger partial charge in [-0.15, -0.1) is 0 Å². The molecule has 2 rings (SSSR count). The molecule has 4 nitrogen and oxygen atoms in total. The molecule has 0 spiro atoms. The highest BCUT2D eigenvalue weighted by Crippen LogP contribution is 2.25. The monoisotopic (exact) mass is 302 g/mol. The second-order valence-corrected chi connectivity index (χ2v) is 5.05. The van der Waals surface area contributed by atoms with E-state index < -0.39 is 0 Å². The first-order valence-electron chi connectivity index (χ1n) is 7.23. The highest BCUT2D eigenvalue weighted by Gasteiger charge is 2.04. The van der Waals surface area contributed by atoms with Crippen LogP contribution in [0.25, 0.3) is 0 Å². The average molecular weight is 302 g/mol. The molecule has 0 fully saturated rings. The molecular formula is C18H22O4. The molecule has 22 heavy (non-hydrogen) atoms. The average Bonchev–Trinajstić information content (AvgIpc) is 2.55. The minimum Gasteiger partial charge on any atom is -0.508 e. The lowest BCUT2D eigenvalue weighted by Crippen LogP contribution is -2.01. The van der Waals surface area contributed by atoms with E-state index in [1.807, 2.05) is 12.1 Å². The van der Waals surface area contributed by atoms with Crippen molar-refractivity contribution in [3.05, 3.63) is 59.2 Å². The molecular weight excluding hydrogens is 280 g/mol. The predicted molar refractivity (Wildman–Crippen MR) is 85.4 cm³/mol. The van der Waals surface area contributed by atoms with Gasteiger partial charge in [-0.05, 0) is 29.2 Å². The molecule has 0 bridgehead atoms. The van der Waals surface area contributed by atoms with Gasteiger partial charge in [0.2, 0.25) is 0 Å².